The Balaban J connectivity index is 1.86. The van der Waals surface area contributed by atoms with E-state index in [-0.39, 0.29) is 0 Å². The molecule has 126 valence electrons. The molecule has 0 spiro atoms. The summed E-state index contributed by atoms with van der Waals surface area (Å²) in [4.78, 5) is 10.7. The average Bonchev–Trinajstić information content (AvgIpc) is 3.21. The van der Waals surface area contributed by atoms with E-state index in [4.69, 9.17) is 0 Å². The fourth-order valence-corrected chi connectivity index (χ4v) is 4.13. The van der Waals surface area contributed by atoms with E-state index in [1.54, 1.807) is 11.3 Å². The van der Waals surface area contributed by atoms with Crippen LogP contribution in [-0.2, 0) is 13.0 Å². The molecule has 2 rings (SSSR count). The zero-order valence-electron chi connectivity index (χ0n) is 14.3. The molecule has 0 saturated carbocycles. The predicted octanol–water partition coefficient (Wildman–Crippen LogP) is 3.34. The second kappa shape index (κ2) is 9.05. The lowest BCUT2D eigenvalue weighted by Crippen LogP contribution is -2.41. The largest absolute Gasteiger partial charge is 0.354 e. The van der Waals surface area contributed by atoms with Gasteiger partial charge in [-0.05, 0) is 44.1 Å². The highest BCUT2D eigenvalue weighted by atomic mass is 32.1. The number of nitrogens with zero attached hydrogens (tertiary/aromatic N) is 2. The molecule has 1 atom stereocenters. The van der Waals surface area contributed by atoms with Gasteiger partial charge in [-0.1, -0.05) is 13.0 Å². The summed E-state index contributed by atoms with van der Waals surface area (Å²) in [6, 6.07) is 9.04. The first kappa shape index (κ1) is 18.0. The summed E-state index contributed by atoms with van der Waals surface area (Å²) >= 11 is 3.65. The van der Waals surface area contributed by atoms with Gasteiger partial charge in [0.15, 0.2) is 5.96 Å². The van der Waals surface area contributed by atoms with Gasteiger partial charge in [-0.3, -0.25) is 4.99 Å². The molecule has 2 heterocycles. The molecule has 2 N–H and O–H groups in total. The Kier molecular flexibility index (Phi) is 7.08. The van der Waals surface area contributed by atoms with Crippen molar-refractivity contribution < 1.29 is 0 Å². The monoisotopic (exact) mass is 350 g/mol. The summed E-state index contributed by atoms with van der Waals surface area (Å²) in [5.74, 6) is 0.847. The zero-order valence-corrected chi connectivity index (χ0v) is 15.9. The molecule has 2 aromatic heterocycles. The fourth-order valence-electron chi connectivity index (χ4n) is 2.31. The van der Waals surface area contributed by atoms with Crippen LogP contribution >= 0.6 is 22.7 Å². The van der Waals surface area contributed by atoms with Crippen LogP contribution in [0.1, 0.15) is 27.6 Å². The summed E-state index contributed by atoms with van der Waals surface area (Å²) in [7, 11) is 6.04. The van der Waals surface area contributed by atoms with Gasteiger partial charge in [0.25, 0.3) is 0 Å². The van der Waals surface area contributed by atoms with E-state index < -0.39 is 0 Å². The van der Waals surface area contributed by atoms with Crippen molar-refractivity contribution in [1.29, 1.82) is 0 Å². The molecule has 4 nitrogen and oxygen atoms in total. The Morgan fingerprint density at radius 3 is 2.57 bits per heavy atom. The van der Waals surface area contributed by atoms with Gasteiger partial charge in [0.2, 0.25) is 0 Å². The van der Waals surface area contributed by atoms with E-state index in [2.05, 4.69) is 71.2 Å². The molecule has 2 aromatic rings. The van der Waals surface area contributed by atoms with E-state index in [0.717, 1.165) is 25.5 Å². The van der Waals surface area contributed by atoms with Crippen LogP contribution in [0.25, 0.3) is 0 Å². The van der Waals surface area contributed by atoms with Gasteiger partial charge in [0.1, 0.15) is 0 Å². The minimum Gasteiger partial charge on any atom is -0.354 e. The Morgan fingerprint density at radius 1 is 1.22 bits per heavy atom. The van der Waals surface area contributed by atoms with Crippen LogP contribution < -0.4 is 10.6 Å². The molecule has 0 aliphatic carbocycles. The number of likely N-dealkylation sites (N-methyl/N-ethyl adjacent to an activating group) is 1. The number of thiophene rings is 2. The van der Waals surface area contributed by atoms with Crippen molar-refractivity contribution in [2.24, 2.45) is 4.99 Å². The van der Waals surface area contributed by atoms with Gasteiger partial charge >= 0.3 is 0 Å². The number of guanidine groups is 1. The average molecular weight is 351 g/mol. The van der Waals surface area contributed by atoms with Crippen molar-refractivity contribution in [1.82, 2.24) is 15.5 Å². The summed E-state index contributed by atoms with van der Waals surface area (Å²) in [5, 5.41) is 8.96. The quantitative estimate of drug-likeness (QED) is 0.594. The van der Waals surface area contributed by atoms with Crippen molar-refractivity contribution in [3.8, 4) is 0 Å². The molecule has 0 saturated heterocycles. The van der Waals surface area contributed by atoms with Crippen LogP contribution in [0.5, 0.6) is 0 Å². The number of aryl methyl sites for hydroxylation is 1. The SMILES string of the molecule is CCc1ccc(CNC(=NC)NCC(c2cccs2)N(C)C)s1. The Labute approximate surface area is 147 Å². The molecule has 0 aliphatic rings. The van der Waals surface area contributed by atoms with Gasteiger partial charge in [-0.25, -0.2) is 0 Å². The third kappa shape index (κ3) is 5.34. The Hall–Kier alpha value is -1.37. The highest BCUT2D eigenvalue weighted by molar-refractivity contribution is 7.12. The third-order valence-corrected chi connectivity index (χ3v) is 5.88. The van der Waals surface area contributed by atoms with Crippen molar-refractivity contribution in [3.05, 3.63) is 44.3 Å². The van der Waals surface area contributed by atoms with Gasteiger partial charge in [0, 0.05) is 28.2 Å². The molecular formula is C17H26N4S2. The Bertz CT molecular complexity index is 602. The minimum absolute atomic E-state index is 0.349. The maximum atomic E-state index is 4.33. The summed E-state index contributed by atoms with van der Waals surface area (Å²) in [6.45, 7) is 3.84. The van der Waals surface area contributed by atoms with Crippen LogP contribution in [0.15, 0.2) is 34.6 Å². The molecule has 0 radical (unpaired) electrons. The number of hydrogen-bond donors (Lipinski definition) is 2. The molecule has 0 aliphatic heterocycles. The molecular weight excluding hydrogens is 324 g/mol. The normalized spacial score (nSPS) is 13.3. The van der Waals surface area contributed by atoms with E-state index in [1.807, 2.05) is 18.4 Å². The second-order valence-electron chi connectivity index (χ2n) is 5.52. The van der Waals surface area contributed by atoms with Crippen molar-refractivity contribution in [2.45, 2.75) is 25.9 Å². The standard InChI is InChI=1S/C17H26N4S2/c1-5-13-8-9-14(23-13)11-19-17(18-2)20-12-15(21(3)4)16-7-6-10-22-16/h6-10,15H,5,11-12H2,1-4H3,(H2,18,19,20). The van der Waals surface area contributed by atoms with Crippen molar-refractivity contribution in [2.75, 3.05) is 27.7 Å². The van der Waals surface area contributed by atoms with Crippen LogP contribution in [0, 0.1) is 0 Å². The predicted molar refractivity (Wildman–Crippen MR) is 103 cm³/mol. The van der Waals surface area contributed by atoms with Gasteiger partial charge in [-0.15, -0.1) is 22.7 Å². The van der Waals surface area contributed by atoms with Gasteiger partial charge < -0.3 is 15.5 Å². The van der Waals surface area contributed by atoms with Crippen LogP contribution in [0.4, 0.5) is 0 Å². The number of nitrogens with one attached hydrogen (secondary N) is 2. The number of hydrogen-bond acceptors (Lipinski definition) is 4. The van der Waals surface area contributed by atoms with E-state index >= 15 is 0 Å². The maximum absolute atomic E-state index is 4.33. The van der Waals surface area contributed by atoms with Crippen LogP contribution in [0.3, 0.4) is 0 Å². The molecule has 0 aromatic carbocycles. The molecule has 0 bridgehead atoms. The van der Waals surface area contributed by atoms with Crippen molar-refractivity contribution >= 4 is 28.6 Å². The van der Waals surface area contributed by atoms with Crippen LogP contribution in [0.2, 0.25) is 0 Å². The van der Waals surface area contributed by atoms with E-state index in [9.17, 15) is 0 Å². The molecule has 23 heavy (non-hydrogen) atoms. The van der Waals surface area contributed by atoms with E-state index in [0.29, 0.717) is 6.04 Å². The highest BCUT2D eigenvalue weighted by Gasteiger charge is 2.15. The first-order valence-corrected chi connectivity index (χ1v) is 9.55. The molecule has 1 unspecified atom stereocenters. The lowest BCUT2D eigenvalue weighted by Gasteiger charge is -2.24. The summed E-state index contributed by atoms with van der Waals surface area (Å²) in [6.07, 6.45) is 1.10. The topological polar surface area (TPSA) is 39.7 Å². The van der Waals surface area contributed by atoms with E-state index in [1.165, 1.54) is 14.6 Å². The molecule has 0 fully saturated rings. The van der Waals surface area contributed by atoms with Gasteiger partial charge in [0.05, 0.1) is 12.6 Å². The lowest BCUT2D eigenvalue weighted by molar-refractivity contribution is 0.302. The number of aliphatic imine (C=N–C) groups is 1. The zero-order chi connectivity index (χ0) is 16.7. The first-order valence-electron chi connectivity index (χ1n) is 7.86. The highest BCUT2D eigenvalue weighted by Crippen LogP contribution is 2.22. The lowest BCUT2D eigenvalue weighted by atomic mass is 10.2. The molecule has 0 amide bonds. The second-order valence-corrected chi connectivity index (χ2v) is 7.76. The third-order valence-electron chi connectivity index (χ3n) is 3.68. The number of rotatable bonds is 7. The Morgan fingerprint density at radius 2 is 2.00 bits per heavy atom. The minimum atomic E-state index is 0.349. The summed E-state index contributed by atoms with van der Waals surface area (Å²) in [5.41, 5.74) is 0. The maximum Gasteiger partial charge on any atom is 0.191 e. The first-order chi connectivity index (χ1) is 11.1. The smallest absolute Gasteiger partial charge is 0.191 e. The van der Waals surface area contributed by atoms with Gasteiger partial charge in [-0.2, -0.15) is 0 Å². The molecule has 6 heteroatoms. The fraction of sp³-hybridized carbons (Fsp3) is 0.471. The van der Waals surface area contributed by atoms with Crippen molar-refractivity contribution in [3.63, 3.8) is 0 Å². The summed E-state index contributed by atoms with van der Waals surface area (Å²) < 4.78 is 0. The van der Waals surface area contributed by atoms with Crippen LogP contribution in [-0.4, -0.2) is 38.5 Å².